The molecule has 0 saturated carbocycles. The highest BCUT2D eigenvalue weighted by molar-refractivity contribution is 6.31. The van der Waals surface area contributed by atoms with Crippen LogP contribution in [-0.2, 0) is 16.1 Å². The first-order chi connectivity index (χ1) is 19.7. The summed E-state index contributed by atoms with van der Waals surface area (Å²) in [5.41, 5.74) is 0.400. The predicted molar refractivity (Wildman–Crippen MR) is 151 cm³/mol. The molecule has 218 valence electrons. The number of pyridine rings is 1. The van der Waals surface area contributed by atoms with Crippen LogP contribution in [0.15, 0.2) is 48.7 Å². The van der Waals surface area contributed by atoms with Gasteiger partial charge >= 0.3 is 12.1 Å². The van der Waals surface area contributed by atoms with E-state index in [-0.39, 0.29) is 42.7 Å². The first kappa shape index (κ1) is 29.9. The highest BCUT2D eigenvalue weighted by Gasteiger charge is 2.25. The number of rotatable bonds is 9. The van der Waals surface area contributed by atoms with Gasteiger partial charge in [-0.2, -0.15) is 0 Å². The van der Waals surface area contributed by atoms with Crippen LogP contribution in [0.3, 0.4) is 0 Å². The Bertz CT molecular complexity index is 1410. The van der Waals surface area contributed by atoms with Crippen molar-refractivity contribution in [3.05, 3.63) is 70.9 Å². The molecule has 2 heterocycles. The first-order valence-electron chi connectivity index (χ1n) is 13.1. The summed E-state index contributed by atoms with van der Waals surface area (Å²) >= 11 is 5.99. The Kier molecular flexibility index (Phi) is 10.3. The third-order valence-corrected chi connectivity index (χ3v) is 7.23. The Morgan fingerprint density at radius 3 is 2.71 bits per heavy atom. The van der Waals surface area contributed by atoms with Crippen LogP contribution in [0.5, 0.6) is 0 Å². The molecule has 0 aliphatic carbocycles. The number of urea groups is 1. The molecule has 1 fully saturated rings. The largest absolute Gasteiger partial charge is 0.447 e. The Morgan fingerprint density at radius 1 is 1.15 bits per heavy atom. The number of benzene rings is 2. The van der Waals surface area contributed by atoms with Crippen molar-refractivity contribution in [3.63, 3.8) is 0 Å². The Hall–Kier alpha value is -4.03. The highest BCUT2D eigenvalue weighted by atomic mass is 35.5. The van der Waals surface area contributed by atoms with Crippen molar-refractivity contribution in [3.8, 4) is 0 Å². The molecule has 3 aromatic rings. The van der Waals surface area contributed by atoms with Gasteiger partial charge in [-0.1, -0.05) is 23.7 Å². The molecule has 1 aliphatic rings. The van der Waals surface area contributed by atoms with E-state index in [0.29, 0.717) is 42.5 Å². The van der Waals surface area contributed by atoms with E-state index >= 15 is 0 Å². The Labute approximate surface area is 241 Å². The summed E-state index contributed by atoms with van der Waals surface area (Å²) in [4.78, 5) is 45.5. The van der Waals surface area contributed by atoms with Crippen molar-refractivity contribution in [1.82, 2.24) is 25.4 Å². The second-order valence-electron chi connectivity index (χ2n) is 9.59. The maximum atomic E-state index is 13.8. The number of likely N-dealkylation sites (N-methyl/N-ethyl adjacent to an activating group) is 1. The zero-order chi connectivity index (χ0) is 29.4. The van der Waals surface area contributed by atoms with Gasteiger partial charge in [0.1, 0.15) is 24.1 Å². The molecular formula is C28H31ClF2N6O4. The number of carbonyl (C=O) groups is 3. The van der Waals surface area contributed by atoms with E-state index in [4.69, 9.17) is 16.3 Å². The quantitative estimate of drug-likeness (QED) is 0.346. The molecular weight excluding hydrogens is 558 g/mol. The highest BCUT2D eigenvalue weighted by Crippen LogP contribution is 2.20. The number of hydrogen-bond acceptors (Lipinski definition) is 6. The van der Waals surface area contributed by atoms with Gasteiger partial charge in [-0.3, -0.25) is 10.1 Å². The smallest absolute Gasteiger partial charge is 0.412 e. The fraction of sp³-hybridized carbons (Fsp3) is 0.357. The zero-order valence-corrected chi connectivity index (χ0v) is 23.2. The zero-order valence-electron chi connectivity index (χ0n) is 22.5. The topological polar surface area (TPSA) is 116 Å². The minimum absolute atomic E-state index is 0.0260. The number of hydrogen-bond donors (Lipinski definition) is 3. The van der Waals surface area contributed by atoms with Crippen LogP contribution in [0.25, 0.3) is 10.8 Å². The lowest BCUT2D eigenvalue weighted by Gasteiger charge is -2.30. The van der Waals surface area contributed by atoms with Crippen molar-refractivity contribution in [2.24, 2.45) is 0 Å². The lowest BCUT2D eigenvalue weighted by Crippen LogP contribution is -2.48. The average Bonchev–Trinajstić information content (AvgIpc) is 2.97. The molecule has 2 aromatic carbocycles. The molecule has 1 aliphatic heterocycles. The van der Waals surface area contributed by atoms with E-state index in [9.17, 15) is 23.2 Å². The summed E-state index contributed by atoms with van der Waals surface area (Å²) in [5.74, 6) is -0.913. The minimum Gasteiger partial charge on any atom is -0.447 e. The summed E-state index contributed by atoms with van der Waals surface area (Å²) in [6.45, 7) is 2.36. The van der Waals surface area contributed by atoms with E-state index in [1.54, 1.807) is 17.0 Å². The van der Waals surface area contributed by atoms with Gasteiger partial charge in [-0.25, -0.2) is 23.4 Å². The number of fused-ring (bicyclic) bond motifs is 1. The lowest BCUT2D eigenvalue weighted by atomic mass is 10.1. The molecule has 3 N–H and O–H groups in total. The predicted octanol–water partition coefficient (Wildman–Crippen LogP) is 4.14. The van der Waals surface area contributed by atoms with E-state index in [1.807, 2.05) is 0 Å². The van der Waals surface area contributed by atoms with E-state index in [2.05, 4.69) is 20.9 Å². The first-order valence-corrected chi connectivity index (χ1v) is 13.5. The monoisotopic (exact) mass is 588 g/mol. The fourth-order valence-corrected chi connectivity index (χ4v) is 4.58. The lowest BCUT2D eigenvalue weighted by molar-refractivity contribution is -0.132. The van der Waals surface area contributed by atoms with Crippen molar-refractivity contribution >= 4 is 46.2 Å². The van der Waals surface area contributed by atoms with Crippen molar-refractivity contribution < 1.29 is 27.9 Å². The van der Waals surface area contributed by atoms with Crippen molar-refractivity contribution in [2.45, 2.75) is 25.4 Å². The van der Waals surface area contributed by atoms with Crippen LogP contribution in [0, 0.1) is 11.6 Å². The number of amides is 4. The number of ether oxygens (including phenoxy) is 1. The van der Waals surface area contributed by atoms with Crippen LogP contribution < -0.4 is 16.0 Å². The van der Waals surface area contributed by atoms with Gasteiger partial charge in [0, 0.05) is 57.8 Å². The summed E-state index contributed by atoms with van der Waals surface area (Å²) in [6, 6.07) is 8.86. The van der Waals surface area contributed by atoms with Gasteiger partial charge in [-0.15, -0.1) is 0 Å². The summed E-state index contributed by atoms with van der Waals surface area (Å²) < 4.78 is 32.8. The molecule has 1 unspecified atom stereocenters. The standard InChI is InChI=1S/C28H31ClF2N6O4/c1-36(27(39)34-16-19-3-2-4-23(31)26(19)29)22(7-8-25(38)37-11-9-32-10-12-37)17-41-28(40)35-24-14-20-13-21(30)6-5-18(20)15-33-24/h2-6,13-15,22,32H,7-12,16-17H2,1H3,(H,34,39)(H,33,35,40). The molecule has 10 nitrogen and oxygen atoms in total. The number of nitrogens with zero attached hydrogens (tertiary/aromatic N) is 3. The van der Waals surface area contributed by atoms with E-state index in [1.165, 1.54) is 48.5 Å². The number of anilines is 1. The Balaban J connectivity index is 1.38. The van der Waals surface area contributed by atoms with Crippen molar-refractivity contribution in [2.75, 3.05) is 45.2 Å². The average molecular weight is 589 g/mol. The molecule has 1 saturated heterocycles. The summed E-state index contributed by atoms with van der Waals surface area (Å²) in [6.07, 6.45) is 1.04. The number of carbonyl (C=O) groups excluding carboxylic acids is 3. The van der Waals surface area contributed by atoms with Gasteiger partial charge in [0.25, 0.3) is 0 Å². The van der Waals surface area contributed by atoms with Gasteiger partial charge in [0.05, 0.1) is 11.1 Å². The maximum Gasteiger partial charge on any atom is 0.412 e. The van der Waals surface area contributed by atoms with Crippen LogP contribution in [0.4, 0.5) is 24.2 Å². The van der Waals surface area contributed by atoms with Crippen LogP contribution in [0.2, 0.25) is 5.02 Å². The van der Waals surface area contributed by atoms with Gasteiger partial charge in [-0.05, 0) is 47.7 Å². The van der Waals surface area contributed by atoms with E-state index < -0.39 is 29.8 Å². The fourth-order valence-electron chi connectivity index (χ4n) is 4.39. The minimum atomic E-state index is -0.827. The molecule has 41 heavy (non-hydrogen) atoms. The van der Waals surface area contributed by atoms with Crippen LogP contribution in [-0.4, -0.2) is 78.7 Å². The molecule has 1 atom stereocenters. The molecule has 0 radical (unpaired) electrons. The third-order valence-electron chi connectivity index (χ3n) is 6.81. The second-order valence-corrected chi connectivity index (χ2v) is 9.97. The van der Waals surface area contributed by atoms with Gasteiger partial charge in [0.2, 0.25) is 5.91 Å². The molecule has 0 spiro atoms. The third kappa shape index (κ3) is 8.24. The van der Waals surface area contributed by atoms with Gasteiger partial charge < -0.3 is 25.2 Å². The number of halogens is 3. The molecule has 0 bridgehead atoms. The maximum absolute atomic E-state index is 13.8. The van der Waals surface area contributed by atoms with Crippen LogP contribution >= 0.6 is 11.6 Å². The normalized spacial score (nSPS) is 13.9. The Morgan fingerprint density at radius 2 is 1.93 bits per heavy atom. The number of piperazine rings is 1. The molecule has 4 amide bonds. The molecule has 13 heteroatoms. The summed E-state index contributed by atoms with van der Waals surface area (Å²) in [7, 11) is 1.52. The van der Waals surface area contributed by atoms with E-state index in [0.717, 1.165) is 0 Å². The van der Waals surface area contributed by atoms with Crippen LogP contribution in [0.1, 0.15) is 18.4 Å². The van der Waals surface area contributed by atoms with Crippen molar-refractivity contribution in [1.29, 1.82) is 0 Å². The number of nitrogens with one attached hydrogen (secondary N) is 3. The molecule has 4 rings (SSSR count). The molecule has 1 aromatic heterocycles. The SMILES string of the molecule is CN(C(=O)NCc1cccc(F)c1Cl)C(CCC(=O)N1CCNCC1)COC(=O)Nc1cc2cc(F)ccc2cn1. The van der Waals surface area contributed by atoms with Gasteiger partial charge in [0.15, 0.2) is 0 Å². The summed E-state index contributed by atoms with van der Waals surface area (Å²) in [5, 5.41) is 9.55. The second kappa shape index (κ2) is 14.0. The number of aromatic nitrogens is 1.